The summed E-state index contributed by atoms with van der Waals surface area (Å²) in [4.78, 5) is 35.6. The van der Waals surface area contributed by atoms with Gasteiger partial charge < -0.3 is 15.0 Å². The number of nitrogens with one attached hydrogen (secondary N) is 2. The third-order valence-corrected chi connectivity index (χ3v) is 7.46. The minimum absolute atomic E-state index is 0.0184. The van der Waals surface area contributed by atoms with E-state index in [4.69, 9.17) is 9.72 Å². The third-order valence-electron chi connectivity index (χ3n) is 6.49. The monoisotopic (exact) mass is 488 g/mol. The minimum atomic E-state index is -0.165. The Balaban J connectivity index is 1.33. The average Bonchev–Trinajstić information content (AvgIpc) is 3.33. The van der Waals surface area contributed by atoms with E-state index < -0.39 is 0 Å². The number of piperidine rings is 1. The number of amides is 1. The number of aromatic amines is 1. The molecular formula is C27H28N4O3S. The number of anilines is 1. The lowest BCUT2D eigenvalue weighted by Gasteiger charge is -2.32. The van der Waals surface area contributed by atoms with Gasteiger partial charge in [-0.2, -0.15) is 0 Å². The zero-order chi connectivity index (χ0) is 24.4. The van der Waals surface area contributed by atoms with E-state index in [1.54, 1.807) is 7.11 Å². The molecule has 0 spiro atoms. The predicted octanol–water partition coefficient (Wildman–Crippen LogP) is 4.50. The van der Waals surface area contributed by atoms with Crippen molar-refractivity contribution in [3.63, 3.8) is 0 Å². The van der Waals surface area contributed by atoms with E-state index >= 15 is 0 Å². The second-order valence-corrected chi connectivity index (χ2v) is 9.81. The van der Waals surface area contributed by atoms with Crippen molar-refractivity contribution in [2.75, 3.05) is 25.1 Å². The summed E-state index contributed by atoms with van der Waals surface area (Å²) in [5.41, 5.74) is 4.78. The van der Waals surface area contributed by atoms with Crippen LogP contribution in [0.25, 0.3) is 21.3 Å². The highest BCUT2D eigenvalue weighted by Gasteiger charge is 2.27. The normalized spacial score (nSPS) is 15.8. The number of fused-ring (bicyclic) bond motifs is 1. The highest BCUT2D eigenvalue weighted by atomic mass is 32.1. The van der Waals surface area contributed by atoms with Crippen molar-refractivity contribution in [1.29, 1.82) is 0 Å². The van der Waals surface area contributed by atoms with Crippen LogP contribution in [0.15, 0.2) is 58.7 Å². The highest BCUT2D eigenvalue weighted by Crippen LogP contribution is 2.32. The van der Waals surface area contributed by atoms with Crippen LogP contribution in [-0.2, 0) is 11.3 Å². The van der Waals surface area contributed by atoms with E-state index in [9.17, 15) is 9.59 Å². The molecule has 1 fully saturated rings. The number of carbonyl (C=O) groups is 1. The molecular weight excluding hydrogens is 460 g/mol. The van der Waals surface area contributed by atoms with Gasteiger partial charge in [-0.05, 0) is 43.0 Å². The van der Waals surface area contributed by atoms with Gasteiger partial charge in [-0.25, -0.2) is 4.98 Å². The molecule has 1 atom stereocenters. The molecule has 1 aliphatic rings. The van der Waals surface area contributed by atoms with E-state index in [2.05, 4.69) is 41.5 Å². The zero-order valence-electron chi connectivity index (χ0n) is 19.8. The molecule has 1 amide bonds. The van der Waals surface area contributed by atoms with Gasteiger partial charge in [-0.1, -0.05) is 42.0 Å². The maximum Gasteiger partial charge on any atom is 0.270 e. The second kappa shape index (κ2) is 9.92. The highest BCUT2D eigenvalue weighted by molar-refractivity contribution is 7.17. The first kappa shape index (κ1) is 23.1. The summed E-state index contributed by atoms with van der Waals surface area (Å²) in [5.74, 6) is 1.17. The van der Waals surface area contributed by atoms with Gasteiger partial charge in [0.05, 0.1) is 18.5 Å². The Labute approximate surface area is 207 Å². The Kier molecular flexibility index (Phi) is 6.55. The molecule has 0 bridgehead atoms. The number of H-pyrrole nitrogens is 1. The van der Waals surface area contributed by atoms with Crippen LogP contribution >= 0.6 is 11.3 Å². The number of ether oxygens (including phenoxy) is 1. The topological polar surface area (TPSA) is 87.3 Å². The van der Waals surface area contributed by atoms with Crippen molar-refractivity contribution in [2.24, 2.45) is 5.92 Å². The molecule has 5 rings (SSSR count). The summed E-state index contributed by atoms with van der Waals surface area (Å²) in [7, 11) is 1.63. The van der Waals surface area contributed by atoms with Crippen LogP contribution in [0.2, 0.25) is 0 Å². The van der Waals surface area contributed by atoms with Crippen LogP contribution in [0.1, 0.15) is 24.0 Å². The number of carbonyl (C=O) groups excluding carboxylic acids is 1. The molecule has 7 nitrogen and oxygen atoms in total. The van der Waals surface area contributed by atoms with E-state index in [1.807, 2.05) is 34.5 Å². The lowest BCUT2D eigenvalue weighted by Crippen LogP contribution is -2.44. The second-order valence-electron chi connectivity index (χ2n) is 8.93. The Bertz CT molecular complexity index is 1390. The Morgan fingerprint density at radius 2 is 1.97 bits per heavy atom. The molecule has 2 aromatic carbocycles. The standard InChI is InChI=1S/C27H28N4O3S/c1-17-5-9-19(10-6-17)22-16-35-24-23(22)29-27(30-26(24)33)31-13-3-4-20(15-31)25(32)28-14-18-7-11-21(34-2)12-8-18/h5-12,16,20H,3-4,13-15H2,1-2H3,(H,28,32)(H,29,30,33). The predicted molar refractivity (Wildman–Crippen MR) is 140 cm³/mol. The van der Waals surface area contributed by atoms with Crippen LogP contribution in [0.3, 0.4) is 0 Å². The van der Waals surface area contributed by atoms with Crippen molar-refractivity contribution >= 4 is 33.4 Å². The molecule has 0 radical (unpaired) electrons. The fraction of sp³-hybridized carbons (Fsp3) is 0.296. The summed E-state index contributed by atoms with van der Waals surface area (Å²) in [5, 5.41) is 5.05. The Morgan fingerprint density at radius 3 is 2.71 bits per heavy atom. The van der Waals surface area contributed by atoms with E-state index in [0.717, 1.165) is 41.8 Å². The molecule has 180 valence electrons. The number of aryl methyl sites for hydroxylation is 1. The molecule has 8 heteroatoms. The summed E-state index contributed by atoms with van der Waals surface area (Å²) >= 11 is 1.41. The molecule has 3 heterocycles. The number of aromatic nitrogens is 2. The van der Waals surface area contributed by atoms with Gasteiger partial charge in [0.1, 0.15) is 10.4 Å². The first-order valence-electron chi connectivity index (χ1n) is 11.8. The maximum absolute atomic E-state index is 12.9. The van der Waals surface area contributed by atoms with Gasteiger partial charge >= 0.3 is 0 Å². The van der Waals surface area contributed by atoms with Gasteiger partial charge in [-0.15, -0.1) is 11.3 Å². The molecule has 1 aliphatic heterocycles. The number of hydrogen-bond donors (Lipinski definition) is 2. The van der Waals surface area contributed by atoms with Gasteiger partial charge in [0.15, 0.2) is 0 Å². The van der Waals surface area contributed by atoms with E-state index in [1.165, 1.54) is 16.9 Å². The lowest BCUT2D eigenvalue weighted by molar-refractivity contribution is -0.125. The van der Waals surface area contributed by atoms with Crippen LogP contribution in [-0.4, -0.2) is 36.1 Å². The van der Waals surface area contributed by atoms with Gasteiger partial charge in [-0.3, -0.25) is 14.6 Å². The molecule has 2 aromatic heterocycles. The van der Waals surface area contributed by atoms with Gasteiger partial charge in [0.2, 0.25) is 11.9 Å². The summed E-state index contributed by atoms with van der Waals surface area (Å²) in [6, 6.07) is 15.9. The fourth-order valence-electron chi connectivity index (χ4n) is 4.46. The van der Waals surface area contributed by atoms with Crippen molar-refractivity contribution < 1.29 is 9.53 Å². The number of hydrogen-bond acceptors (Lipinski definition) is 6. The molecule has 2 N–H and O–H groups in total. The average molecular weight is 489 g/mol. The number of thiophene rings is 1. The van der Waals surface area contributed by atoms with Crippen LogP contribution in [0.5, 0.6) is 5.75 Å². The fourth-order valence-corrected chi connectivity index (χ4v) is 5.37. The van der Waals surface area contributed by atoms with E-state index in [0.29, 0.717) is 29.3 Å². The first-order chi connectivity index (χ1) is 17.0. The molecule has 35 heavy (non-hydrogen) atoms. The number of methoxy groups -OCH3 is 1. The maximum atomic E-state index is 12.9. The van der Waals surface area contributed by atoms with Crippen molar-refractivity contribution in [3.05, 3.63) is 75.4 Å². The lowest BCUT2D eigenvalue weighted by atomic mass is 9.97. The van der Waals surface area contributed by atoms with Crippen LogP contribution < -0.4 is 20.5 Å². The molecule has 0 saturated carbocycles. The first-order valence-corrected chi connectivity index (χ1v) is 12.6. The Hall–Kier alpha value is -3.65. The van der Waals surface area contributed by atoms with E-state index in [-0.39, 0.29) is 17.4 Å². The third kappa shape index (κ3) is 4.93. The van der Waals surface area contributed by atoms with Crippen molar-refractivity contribution in [2.45, 2.75) is 26.3 Å². The molecule has 1 saturated heterocycles. The molecule has 0 aliphatic carbocycles. The van der Waals surface area contributed by atoms with Crippen molar-refractivity contribution in [1.82, 2.24) is 15.3 Å². The zero-order valence-corrected chi connectivity index (χ0v) is 20.7. The van der Waals surface area contributed by atoms with Gasteiger partial charge in [0, 0.05) is 30.6 Å². The number of nitrogens with zero attached hydrogens (tertiary/aromatic N) is 2. The summed E-state index contributed by atoms with van der Waals surface area (Å²) in [6.45, 7) is 3.79. The summed E-state index contributed by atoms with van der Waals surface area (Å²) in [6.07, 6.45) is 1.67. The summed E-state index contributed by atoms with van der Waals surface area (Å²) < 4.78 is 5.81. The quantitative estimate of drug-likeness (QED) is 0.417. The largest absolute Gasteiger partial charge is 0.497 e. The molecule has 4 aromatic rings. The van der Waals surface area contributed by atoms with Crippen molar-refractivity contribution in [3.8, 4) is 16.9 Å². The van der Waals surface area contributed by atoms with Gasteiger partial charge in [0.25, 0.3) is 5.56 Å². The number of rotatable bonds is 6. The van der Waals surface area contributed by atoms with Crippen LogP contribution in [0.4, 0.5) is 5.95 Å². The van der Waals surface area contributed by atoms with Crippen LogP contribution in [0, 0.1) is 12.8 Å². The minimum Gasteiger partial charge on any atom is -0.497 e. The smallest absolute Gasteiger partial charge is 0.270 e. The Morgan fingerprint density at radius 1 is 1.20 bits per heavy atom. The molecule has 1 unspecified atom stereocenters. The number of benzene rings is 2. The SMILES string of the molecule is COc1ccc(CNC(=O)C2CCCN(c3nc4c(-c5ccc(C)cc5)csc4c(=O)[nH]3)C2)cc1.